The topological polar surface area (TPSA) is 137 Å². The molecule has 0 spiro atoms. The van der Waals surface area contributed by atoms with E-state index in [-0.39, 0.29) is 29.9 Å². The van der Waals surface area contributed by atoms with Crippen LogP contribution in [0.25, 0.3) is 11.3 Å². The van der Waals surface area contributed by atoms with Crippen LogP contribution in [0.2, 0.25) is 0 Å². The van der Waals surface area contributed by atoms with Crippen molar-refractivity contribution >= 4 is 34.9 Å². The predicted molar refractivity (Wildman–Crippen MR) is 204 cm³/mol. The lowest BCUT2D eigenvalue weighted by Gasteiger charge is -2.49. The van der Waals surface area contributed by atoms with Gasteiger partial charge < -0.3 is 30.0 Å². The molecule has 282 valence electrons. The molecule has 3 aromatic rings. The molecule has 3 N–H and O–H groups in total. The van der Waals surface area contributed by atoms with Crippen LogP contribution in [-0.2, 0) is 16.1 Å². The number of hydrogen-bond donors (Lipinski definition) is 3. The number of nitrogens with one attached hydrogen (secondary N) is 2. The fourth-order valence-electron chi connectivity index (χ4n) is 10.5. The Morgan fingerprint density at radius 3 is 2.48 bits per heavy atom. The van der Waals surface area contributed by atoms with Crippen molar-refractivity contribution in [3.05, 3.63) is 59.7 Å². The first-order chi connectivity index (χ1) is 26.3. The average Bonchev–Trinajstić information content (AvgIpc) is 3.44. The van der Waals surface area contributed by atoms with Gasteiger partial charge in [0.2, 0.25) is 11.8 Å². The van der Waals surface area contributed by atoms with E-state index in [2.05, 4.69) is 65.6 Å². The minimum absolute atomic E-state index is 0.114. The van der Waals surface area contributed by atoms with Gasteiger partial charge in [0, 0.05) is 94.7 Å². The molecule has 13 nitrogen and oxygen atoms in total. The maximum absolute atomic E-state index is 13.1. The number of piperidine rings is 3. The van der Waals surface area contributed by atoms with Crippen molar-refractivity contribution in [2.75, 3.05) is 74.0 Å². The first-order valence-electron chi connectivity index (χ1n) is 19.9. The Morgan fingerprint density at radius 1 is 0.870 bits per heavy atom. The largest absolute Gasteiger partial charge is 0.507 e. The summed E-state index contributed by atoms with van der Waals surface area (Å²) in [7, 11) is 0. The summed E-state index contributed by atoms with van der Waals surface area (Å²) >= 11 is 0. The molecule has 54 heavy (non-hydrogen) atoms. The number of imide groups is 1. The Hall–Kier alpha value is -4.75. The van der Waals surface area contributed by atoms with Gasteiger partial charge in [0.1, 0.15) is 11.8 Å². The van der Waals surface area contributed by atoms with Gasteiger partial charge in [0.25, 0.3) is 5.91 Å². The van der Waals surface area contributed by atoms with Gasteiger partial charge in [-0.15, -0.1) is 10.2 Å². The number of amides is 3. The summed E-state index contributed by atoms with van der Waals surface area (Å²) in [5, 5.41) is 25.3. The molecule has 7 aliphatic rings. The van der Waals surface area contributed by atoms with Crippen LogP contribution >= 0.6 is 0 Å². The normalized spacial score (nSPS) is 29.7. The molecule has 13 heteroatoms. The van der Waals surface area contributed by atoms with Crippen molar-refractivity contribution in [2.45, 2.75) is 57.3 Å². The number of anilines is 3. The van der Waals surface area contributed by atoms with Crippen LogP contribution in [0.15, 0.2) is 48.5 Å². The van der Waals surface area contributed by atoms with Crippen LogP contribution in [-0.4, -0.2) is 125 Å². The fraction of sp³-hybridized carbons (Fsp3) is 0.537. The summed E-state index contributed by atoms with van der Waals surface area (Å²) in [6.07, 6.45) is 3.00. The highest BCUT2D eigenvalue weighted by Crippen LogP contribution is 2.53. The molecule has 4 saturated heterocycles. The molecule has 0 radical (unpaired) electrons. The van der Waals surface area contributed by atoms with Crippen molar-refractivity contribution < 1.29 is 19.5 Å². The zero-order valence-electron chi connectivity index (χ0n) is 30.9. The molecule has 7 heterocycles. The Kier molecular flexibility index (Phi) is 8.28. The van der Waals surface area contributed by atoms with Crippen LogP contribution in [0, 0.1) is 23.7 Å². The van der Waals surface area contributed by atoms with Gasteiger partial charge in [0.15, 0.2) is 5.82 Å². The summed E-state index contributed by atoms with van der Waals surface area (Å²) in [6, 6.07) is 15.8. The third-order valence-electron chi connectivity index (χ3n) is 13.6. The van der Waals surface area contributed by atoms with E-state index in [0.717, 1.165) is 73.2 Å². The van der Waals surface area contributed by atoms with E-state index in [4.69, 9.17) is 0 Å². The van der Waals surface area contributed by atoms with E-state index in [1.807, 2.05) is 24.3 Å². The lowest BCUT2D eigenvalue weighted by molar-refractivity contribution is -0.136. The number of para-hydroxylation sites is 1. The molecule has 10 rings (SSSR count). The molecule has 1 aliphatic carbocycles. The zero-order valence-corrected chi connectivity index (χ0v) is 30.9. The van der Waals surface area contributed by atoms with Crippen LogP contribution in [0.3, 0.4) is 0 Å². The van der Waals surface area contributed by atoms with E-state index >= 15 is 0 Å². The van der Waals surface area contributed by atoms with E-state index in [1.165, 1.54) is 39.0 Å². The summed E-state index contributed by atoms with van der Waals surface area (Å²) in [5.41, 5.74) is 5.29. The van der Waals surface area contributed by atoms with Crippen molar-refractivity contribution in [2.24, 2.45) is 23.7 Å². The standard InChI is InChI=1S/C41H49N9O4/c1-24-17-49-28(16-42-39-36(49)15-34(44-45-39)30-4-2-3-5-37(30)51)20-48(24)23-33-31-21-46(22-32(31)33)18-25-10-12-47(13-11-25)27-6-7-29-26(14-27)19-50(41(29)54)35-8-9-38(52)43-40(35)53/h2-7,14-15,24-25,28,31-33,35,51H,8-13,16-23H2,1H3,(H,42,45)(H,43,52,53)/t24-,28-,31-,32+,33?,35?/m0/s1. The molecule has 2 aromatic carbocycles. The van der Waals surface area contributed by atoms with Crippen molar-refractivity contribution in [1.29, 1.82) is 0 Å². The number of piperazine rings is 1. The van der Waals surface area contributed by atoms with Gasteiger partial charge in [-0.2, -0.15) is 0 Å². The van der Waals surface area contributed by atoms with E-state index in [0.29, 0.717) is 47.8 Å². The summed E-state index contributed by atoms with van der Waals surface area (Å²) < 4.78 is 0. The summed E-state index contributed by atoms with van der Waals surface area (Å²) in [5.74, 6) is 3.47. The quantitative estimate of drug-likeness (QED) is 0.310. The Labute approximate surface area is 315 Å². The number of carbonyl (C=O) groups excluding carboxylic acids is 3. The van der Waals surface area contributed by atoms with Crippen LogP contribution in [0.5, 0.6) is 5.75 Å². The number of carbonyl (C=O) groups is 3. The lowest BCUT2D eigenvalue weighted by atomic mass is 9.95. The highest BCUT2D eigenvalue weighted by Gasteiger charge is 2.56. The third-order valence-corrected chi connectivity index (χ3v) is 13.6. The molecule has 6 atom stereocenters. The van der Waals surface area contributed by atoms with Crippen LogP contribution < -0.4 is 20.4 Å². The minimum atomic E-state index is -0.579. The van der Waals surface area contributed by atoms with Crippen molar-refractivity contribution in [3.8, 4) is 17.0 Å². The molecule has 6 aliphatic heterocycles. The van der Waals surface area contributed by atoms with E-state index in [1.54, 1.807) is 11.0 Å². The van der Waals surface area contributed by atoms with Gasteiger partial charge in [-0.1, -0.05) is 12.1 Å². The maximum atomic E-state index is 13.1. The molecule has 3 amide bonds. The minimum Gasteiger partial charge on any atom is -0.507 e. The van der Waals surface area contributed by atoms with Gasteiger partial charge in [-0.25, -0.2) is 0 Å². The fourth-order valence-corrected chi connectivity index (χ4v) is 10.5. The van der Waals surface area contributed by atoms with E-state index < -0.39 is 6.04 Å². The zero-order chi connectivity index (χ0) is 36.7. The lowest BCUT2D eigenvalue weighted by Crippen LogP contribution is -2.61. The van der Waals surface area contributed by atoms with Gasteiger partial charge in [0.05, 0.1) is 17.4 Å². The monoisotopic (exact) mass is 731 g/mol. The van der Waals surface area contributed by atoms with Gasteiger partial charge in [-0.05, 0) is 91.8 Å². The van der Waals surface area contributed by atoms with Gasteiger partial charge in [-0.3, -0.25) is 24.6 Å². The third kappa shape index (κ3) is 5.96. The summed E-state index contributed by atoms with van der Waals surface area (Å²) in [4.78, 5) is 49.3. The Morgan fingerprint density at radius 2 is 1.69 bits per heavy atom. The molecular weight excluding hydrogens is 683 g/mol. The second-order valence-corrected chi connectivity index (χ2v) is 16.9. The number of phenols is 1. The smallest absolute Gasteiger partial charge is 0.255 e. The molecule has 1 saturated carbocycles. The second-order valence-electron chi connectivity index (χ2n) is 16.9. The average molecular weight is 732 g/mol. The number of aromatic nitrogens is 2. The number of fused-ring (bicyclic) bond motifs is 5. The molecule has 1 aromatic heterocycles. The number of hydrogen-bond acceptors (Lipinski definition) is 11. The highest BCUT2D eigenvalue weighted by atomic mass is 16.3. The second kappa shape index (κ2) is 13.2. The molecular formula is C41H49N9O4. The van der Waals surface area contributed by atoms with Crippen LogP contribution in [0.4, 0.5) is 17.2 Å². The molecule has 5 fully saturated rings. The number of aromatic hydroxyl groups is 1. The number of likely N-dealkylation sites (tertiary alicyclic amines) is 1. The Bertz CT molecular complexity index is 1990. The van der Waals surface area contributed by atoms with Crippen molar-refractivity contribution in [3.63, 3.8) is 0 Å². The first-order valence-corrected chi connectivity index (χ1v) is 19.9. The summed E-state index contributed by atoms with van der Waals surface area (Å²) in [6.45, 7) is 12.5. The number of rotatable bonds is 7. The van der Waals surface area contributed by atoms with Crippen molar-refractivity contribution in [1.82, 2.24) is 30.2 Å². The maximum Gasteiger partial charge on any atom is 0.255 e. The van der Waals surface area contributed by atoms with Gasteiger partial charge >= 0.3 is 0 Å². The Balaban J connectivity index is 0.692. The highest BCUT2D eigenvalue weighted by molar-refractivity contribution is 6.05. The number of nitrogens with zero attached hydrogens (tertiary/aromatic N) is 7. The predicted octanol–water partition coefficient (Wildman–Crippen LogP) is 3.01. The number of phenolic OH excluding ortho intramolecular Hbond substituents is 1. The van der Waals surface area contributed by atoms with Crippen LogP contribution in [0.1, 0.15) is 48.5 Å². The molecule has 0 bridgehead atoms. The molecule has 2 unspecified atom stereocenters. The SMILES string of the molecule is C[C@H]1CN2c3cc(-c4ccccc4O)nnc3NC[C@H]2CN1CC1[C@H]2CN(CC3CCN(c4ccc5c(c4)CN(C4CCC(=O)NC4=O)C5=O)CC3)C[C@@H]12. The first kappa shape index (κ1) is 33.8. The number of benzene rings is 2. The van der Waals surface area contributed by atoms with E-state index in [9.17, 15) is 19.5 Å².